The van der Waals surface area contributed by atoms with E-state index in [0.29, 0.717) is 37.5 Å². The zero-order valence-corrected chi connectivity index (χ0v) is 20.7. The summed E-state index contributed by atoms with van der Waals surface area (Å²) in [6.07, 6.45) is 1.85. The smallest absolute Gasteiger partial charge is 0.326 e. The molecule has 4 nitrogen and oxygen atoms in total. The molecule has 1 aliphatic rings. The lowest BCUT2D eigenvalue weighted by molar-refractivity contribution is 0.102. The Bertz CT molecular complexity index is 1220. The summed E-state index contributed by atoms with van der Waals surface area (Å²) >= 11 is 17.1. The highest BCUT2D eigenvalue weighted by molar-refractivity contribution is 9.10. The number of ketones is 1. The summed E-state index contributed by atoms with van der Waals surface area (Å²) in [6, 6.07) is 20.5. The fourth-order valence-corrected chi connectivity index (χ4v) is 4.91. The van der Waals surface area contributed by atoms with Crippen molar-refractivity contribution in [1.82, 2.24) is 5.32 Å². The van der Waals surface area contributed by atoms with Crippen LogP contribution in [0.3, 0.4) is 0 Å². The largest absolute Gasteiger partial charge is 0.327 e. The van der Waals surface area contributed by atoms with Crippen LogP contribution >= 0.6 is 50.9 Å². The third kappa shape index (κ3) is 4.46. The van der Waals surface area contributed by atoms with Crippen LogP contribution in [0.25, 0.3) is 0 Å². The molecule has 1 N–H and O–H groups in total. The predicted molar refractivity (Wildman–Crippen MR) is 136 cm³/mol. The highest BCUT2D eigenvalue weighted by atomic mass is 79.9. The van der Waals surface area contributed by atoms with Crippen LogP contribution < -0.4 is 10.2 Å². The number of thioether (sulfide) groups is 1. The number of carbonyl (C=O) groups is 2. The molecular weight excluding hydrogens is 531 g/mol. The van der Waals surface area contributed by atoms with Crippen LogP contribution in [0.1, 0.15) is 22.0 Å². The van der Waals surface area contributed by atoms with Gasteiger partial charge in [0.05, 0.1) is 32.4 Å². The van der Waals surface area contributed by atoms with Crippen LogP contribution in [0.2, 0.25) is 10.0 Å². The van der Waals surface area contributed by atoms with Crippen molar-refractivity contribution in [2.24, 2.45) is 0 Å². The molecule has 0 aliphatic carbocycles. The second-order valence-corrected chi connectivity index (χ2v) is 9.51. The minimum atomic E-state index is -0.684. The lowest BCUT2D eigenvalue weighted by Gasteiger charge is -2.36. The van der Waals surface area contributed by atoms with E-state index >= 15 is 0 Å². The average Bonchev–Trinajstić information content (AvgIpc) is 2.80. The van der Waals surface area contributed by atoms with Gasteiger partial charge in [0.1, 0.15) is 0 Å². The Morgan fingerprint density at radius 1 is 1.00 bits per heavy atom. The molecule has 1 atom stereocenters. The molecule has 1 heterocycles. The molecule has 8 heteroatoms. The van der Waals surface area contributed by atoms with Gasteiger partial charge in [0, 0.05) is 10.0 Å². The van der Waals surface area contributed by atoms with Crippen molar-refractivity contribution >= 4 is 68.4 Å². The first kappa shape index (κ1) is 22.9. The number of hydrogen-bond acceptors (Lipinski definition) is 3. The number of amides is 2. The van der Waals surface area contributed by atoms with E-state index in [0.717, 1.165) is 4.47 Å². The van der Waals surface area contributed by atoms with Gasteiger partial charge in [0.15, 0.2) is 5.78 Å². The summed E-state index contributed by atoms with van der Waals surface area (Å²) in [5.74, 6) is -0.182. The second kappa shape index (κ2) is 9.71. The van der Waals surface area contributed by atoms with Gasteiger partial charge < -0.3 is 5.32 Å². The predicted octanol–water partition coefficient (Wildman–Crippen LogP) is 7.48. The molecule has 3 aromatic rings. The van der Waals surface area contributed by atoms with E-state index in [1.807, 2.05) is 48.7 Å². The normalized spacial score (nSPS) is 16.2. The molecule has 32 heavy (non-hydrogen) atoms. The van der Waals surface area contributed by atoms with Gasteiger partial charge in [-0.05, 0) is 60.4 Å². The maximum atomic E-state index is 13.8. The standard InChI is InChI=1S/C24H17BrCl2N2O2S/c1-32-23-20(22(30)14-7-10-16(25)11-8-14)21(15-9-12-18(26)19(27)13-15)28-24(31)29(23)17-5-3-2-4-6-17/h2-13,21H,1H3,(H,28,31)/t21-/m1/s1. The Morgan fingerprint density at radius 2 is 1.69 bits per heavy atom. The van der Waals surface area contributed by atoms with Crippen LogP contribution in [0.5, 0.6) is 0 Å². The van der Waals surface area contributed by atoms with Crippen molar-refractivity contribution in [2.45, 2.75) is 6.04 Å². The van der Waals surface area contributed by atoms with Crippen molar-refractivity contribution in [1.29, 1.82) is 0 Å². The van der Waals surface area contributed by atoms with Crippen molar-refractivity contribution < 1.29 is 9.59 Å². The fraction of sp³-hybridized carbons (Fsp3) is 0.0833. The molecule has 0 radical (unpaired) electrons. The van der Waals surface area contributed by atoms with E-state index in [4.69, 9.17) is 23.2 Å². The summed E-state index contributed by atoms with van der Waals surface area (Å²) in [6.45, 7) is 0. The maximum absolute atomic E-state index is 13.8. The Labute approximate surface area is 208 Å². The molecular formula is C24H17BrCl2N2O2S. The minimum absolute atomic E-state index is 0.182. The number of nitrogens with zero attached hydrogens (tertiary/aromatic N) is 1. The van der Waals surface area contributed by atoms with Crippen molar-refractivity contribution in [3.63, 3.8) is 0 Å². The molecule has 2 amide bonds. The summed E-state index contributed by atoms with van der Waals surface area (Å²) < 4.78 is 0.872. The van der Waals surface area contributed by atoms with E-state index in [-0.39, 0.29) is 11.8 Å². The van der Waals surface area contributed by atoms with Crippen molar-refractivity contribution in [2.75, 3.05) is 11.2 Å². The number of carbonyl (C=O) groups excluding carboxylic acids is 2. The second-order valence-electron chi connectivity index (χ2n) is 6.99. The van der Waals surface area contributed by atoms with E-state index in [1.54, 1.807) is 30.3 Å². The van der Waals surface area contributed by atoms with Gasteiger partial charge in [-0.3, -0.25) is 9.69 Å². The first-order valence-corrected chi connectivity index (χ1v) is 12.4. The number of Topliss-reactive ketones (excluding diaryl/α,β-unsaturated/α-hetero) is 1. The summed E-state index contributed by atoms with van der Waals surface area (Å²) in [5, 5.41) is 4.30. The topological polar surface area (TPSA) is 49.4 Å². The number of urea groups is 1. The number of benzene rings is 3. The number of hydrogen-bond donors (Lipinski definition) is 1. The third-order valence-electron chi connectivity index (χ3n) is 5.03. The monoisotopic (exact) mass is 546 g/mol. The zero-order chi connectivity index (χ0) is 22.8. The van der Waals surface area contributed by atoms with Gasteiger partial charge in [0.2, 0.25) is 0 Å². The summed E-state index contributed by atoms with van der Waals surface area (Å²) in [5.41, 5.74) is 2.32. The number of anilines is 1. The molecule has 1 aliphatic heterocycles. The molecule has 0 saturated carbocycles. The Kier molecular flexibility index (Phi) is 6.96. The molecule has 0 unspecified atom stereocenters. The van der Waals surface area contributed by atoms with E-state index in [2.05, 4.69) is 21.2 Å². The zero-order valence-electron chi connectivity index (χ0n) is 16.8. The molecule has 0 spiro atoms. The number of halogens is 3. The van der Waals surface area contributed by atoms with E-state index < -0.39 is 6.04 Å². The molecule has 162 valence electrons. The highest BCUT2D eigenvalue weighted by Crippen LogP contribution is 2.40. The molecule has 0 saturated heterocycles. The first-order chi connectivity index (χ1) is 15.4. The Balaban J connectivity index is 1.93. The van der Waals surface area contributed by atoms with Gasteiger partial charge in [-0.15, -0.1) is 11.8 Å². The lowest BCUT2D eigenvalue weighted by atomic mass is 9.91. The lowest BCUT2D eigenvalue weighted by Crippen LogP contribution is -2.48. The number of rotatable bonds is 5. The van der Waals surface area contributed by atoms with Crippen molar-refractivity contribution in [3.8, 4) is 0 Å². The summed E-state index contributed by atoms with van der Waals surface area (Å²) in [7, 11) is 0. The third-order valence-corrected chi connectivity index (χ3v) is 7.09. The average molecular weight is 548 g/mol. The quantitative estimate of drug-likeness (QED) is 0.337. The van der Waals surface area contributed by atoms with Crippen LogP contribution in [0.4, 0.5) is 10.5 Å². The minimum Gasteiger partial charge on any atom is -0.326 e. The van der Waals surface area contributed by atoms with Gasteiger partial charge in [-0.2, -0.15) is 0 Å². The highest BCUT2D eigenvalue weighted by Gasteiger charge is 2.38. The van der Waals surface area contributed by atoms with Gasteiger partial charge in [0.25, 0.3) is 0 Å². The maximum Gasteiger partial charge on any atom is 0.327 e. The number of nitrogens with one attached hydrogen (secondary N) is 1. The van der Waals surface area contributed by atoms with Gasteiger partial charge >= 0.3 is 6.03 Å². The first-order valence-electron chi connectivity index (χ1n) is 9.59. The Hall–Kier alpha value is -2.25. The Morgan fingerprint density at radius 3 is 2.31 bits per heavy atom. The molecule has 4 rings (SSSR count). The summed E-state index contributed by atoms with van der Waals surface area (Å²) in [4.78, 5) is 28.5. The molecule has 0 aromatic heterocycles. The SMILES string of the molecule is CSC1=C(C(=O)c2ccc(Br)cc2)[C@@H](c2ccc(Cl)c(Cl)c2)NC(=O)N1c1ccccc1. The molecule has 3 aromatic carbocycles. The van der Waals surface area contributed by atoms with Crippen LogP contribution in [0, 0.1) is 0 Å². The van der Waals surface area contributed by atoms with E-state index in [1.165, 1.54) is 16.7 Å². The van der Waals surface area contributed by atoms with Crippen LogP contribution in [0.15, 0.2) is 87.9 Å². The van der Waals surface area contributed by atoms with Gasteiger partial charge in [-0.25, -0.2) is 4.79 Å². The number of para-hydroxylation sites is 1. The van der Waals surface area contributed by atoms with Crippen LogP contribution in [-0.2, 0) is 0 Å². The van der Waals surface area contributed by atoms with E-state index in [9.17, 15) is 9.59 Å². The van der Waals surface area contributed by atoms with Crippen LogP contribution in [-0.4, -0.2) is 18.1 Å². The van der Waals surface area contributed by atoms with Crippen molar-refractivity contribution in [3.05, 3.63) is 109 Å². The molecule has 0 fully saturated rings. The molecule has 0 bridgehead atoms. The van der Waals surface area contributed by atoms with Gasteiger partial charge in [-0.1, -0.05) is 63.4 Å². The fourth-order valence-electron chi connectivity index (χ4n) is 3.54.